The maximum atomic E-state index is 12.7. The molecular weight excluding hydrogens is 271 g/mol. The molecule has 0 atom stereocenters. The number of nitrogens with zero attached hydrogens (tertiary/aromatic N) is 4. The molecule has 0 amide bonds. The van der Waals surface area contributed by atoms with Crippen molar-refractivity contribution in [3.05, 3.63) is 36.2 Å². The molecule has 2 aromatic rings. The molecule has 2 rings (SSSR count). The molecule has 106 valence electrons. The van der Waals surface area contributed by atoms with E-state index in [-0.39, 0.29) is 5.95 Å². The van der Waals surface area contributed by atoms with Crippen LogP contribution in [0.5, 0.6) is 0 Å². The molecule has 0 fully saturated rings. The van der Waals surface area contributed by atoms with E-state index in [4.69, 9.17) is 5.73 Å². The van der Waals surface area contributed by atoms with Crippen molar-refractivity contribution in [2.75, 3.05) is 17.2 Å². The van der Waals surface area contributed by atoms with Crippen LogP contribution in [0, 0.1) is 0 Å². The van der Waals surface area contributed by atoms with Gasteiger partial charge in [0.2, 0.25) is 17.7 Å². The van der Waals surface area contributed by atoms with Crippen LogP contribution in [0.2, 0.25) is 0 Å². The molecule has 1 heterocycles. The lowest BCUT2D eigenvalue weighted by Crippen LogP contribution is -2.23. The van der Waals surface area contributed by atoms with Crippen molar-refractivity contribution in [2.45, 2.75) is 13.1 Å². The topological polar surface area (TPSA) is 67.9 Å². The molecular formula is C12H12F3N5. The van der Waals surface area contributed by atoms with Gasteiger partial charge in [0.25, 0.3) is 0 Å². The average Bonchev–Trinajstić information content (AvgIpc) is 2.39. The molecule has 5 nitrogen and oxygen atoms in total. The number of nitrogen functional groups attached to an aromatic ring is 1. The lowest BCUT2D eigenvalue weighted by Gasteiger charge is -2.21. The zero-order valence-corrected chi connectivity index (χ0v) is 10.6. The number of aromatic nitrogens is 3. The average molecular weight is 283 g/mol. The Labute approximate surface area is 113 Å². The molecule has 0 unspecified atom stereocenters. The Morgan fingerprint density at radius 3 is 2.30 bits per heavy atom. The number of anilines is 3. The highest BCUT2D eigenvalue weighted by Gasteiger charge is 2.36. The minimum absolute atomic E-state index is 0.126. The predicted octanol–water partition coefficient (Wildman–Crippen LogP) is 2.63. The van der Waals surface area contributed by atoms with Gasteiger partial charge in [0.15, 0.2) is 0 Å². The molecule has 0 aliphatic heterocycles. The van der Waals surface area contributed by atoms with E-state index < -0.39 is 17.9 Å². The first-order chi connectivity index (χ1) is 9.41. The quantitative estimate of drug-likeness (QED) is 0.937. The van der Waals surface area contributed by atoms with Crippen LogP contribution in [0.3, 0.4) is 0 Å². The second-order valence-electron chi connectivity index (χ2n) is 3.89. The summed E-state index contributed by atoms with van der Waals surface area (Å²) >= 11 is 0. The Morgan fingerprint density at radius 1 is 1.10 bits per heavy atom. The first kappa shape index (κ1) is 14.0. The van der Waals surface area contributed by atoms with Crippen LogP contribution in [0.1, 0.15) is 12.7 Å². The number of alkyl halides is 3. The third-order valence-corrected chi connectivity index (χ3v) is 2.52. The number of hydrogen-bond donors (Lipinski definition) is 1. The fraction of sp³-hybridized carbons (Fsp3) is 0.250. The normalized spacial score (nSPS) is 11.4. The van der Waals surface area contributed by atoms with Crippen LogP contribution in [-0.2, 0) is 6.18 Å². The molecule has 1 aromatic heterocycles. The van der Waals surface area contributed by atoms with Crippen LogP contribution >= 0.6 is 0 Å². The van der Waals surface area contributed by atoms with Crippen molar-refractivity contribution in [1.29, 1.82) is 0 Å². The lowest BCUT2D eigenvalue weighted by molar-refractivity contribution is -0.144. The third-order valence-electron chi connectivity index (χ3n) is 2.52. The van der Waals surface area contributed by atoms with Crippen molar-refractivity contribution in [3.8, 4) is 0 Å². The summed E-state index contributed by atoms with van der Waals surface area (Å²) in [4.78, 5) is 11.9. The van der Waals surface area contributed by atoms with E-state index in [1.54, 1.807) is 37.3 Å². The number of rotatable bonds is 3. The number of nitrogens with two attached hydrogens (primary N) is 1. The fourth-order valence-corrected chi connectivity index (χ4v) is 1.68. The fourth-order valence-electron chi connectivity index (χ4n) is 1.68. The smallest absolute Gasteiger partial charge is 0.368 e. The molecule has 0 saturated carbocycles. The van der Waals surface area contributed by atoms with Gasteiger partial charge in [0.05, 0.1) is 0 Å². The Kier molecular flexibility index (Phi) is 3.73. The number of benzene rings is 1. The van der Waals surface area contributed by atoms with Gasteiger partial charge < -0.3 is 10.6 Å². The Hall–Kier alpha value is -2.38. The second-order valence-corrected chi connectivity index (χ2v) is 3.89. The van der Waals surface area contributed by atoms with E-state index in [2.05, 4.69) is 15.0 Å². The highest BCUT2D eigenvalue weighted by atomic mass is 19.4. The molecule has 0 spiro atoms. The summed E-state index contributed by atoms with van der Waals surface area (Å²) < 4.78 is 38.1. The van der Waals surface area contributed by atoms with E-state index in [1.165, 1.54) is 4.90 Å². The van der Waals surface area contributed by atoms with E-state index in [0.717, 1.165) is 0 Å². The van der Waals surface area contributed by atoms with Gasteiger partial charge in [-0.05, 0) is 19.1 Å². The van der Waals surface area contributed by atoms with Crippen LogP contribution < -0.4 is 10.6 Å². The number of para-hydroxylation sites is 1. The minimum Gasteiger partial charge on any atom is -0.368 e. The van der Waals surface area contributed by atoms with Crippen molar-refractivity contribution in [2.24, 2.45) is 0 Å². The van der Waals surface area contributed by atoms with Gasteiger partial charge in [0.1, 0.15) is 0 Å². The zero-order valence-electron chi connectivity index (χ0n) is 10.6. The zero-order chi connectivity index (χ0) is 14.8. The highest BCUT2D eigenvalue weighted by Crippen LogP contribution is 2.29. The third kappa shape index (κ3) is 2.95. The van der Waals surface area contributed by atoms with Crippen molar-refractivity contribution in [1.82, 2.24) is 15.0 Å². The summed E-state index contributed by atoms with van der Waals surface area (Å²) in [6, 6.07) is 8.84. The molecule has 0 bridgehead atoms. The van der Waals surface area contributed by atoms with E-state index in [1.807, 2.05) is 0 Å². The number of hydrogen-bond acceptors (Lipinski definition) is 5. The minimum atomic E-state index is -4.66. The van der Waals surface area contributed by atoms with Crippen molar-refractivity contribution >= 4 is 17.6 Å². The molecule has 0 aliphatic carbocycles. The summed E-state index contributed by atoms with van der Waals surface area (Å²) in [6.45, 7) is 2.17. The van der Waals surface area contributed by atoms with Gasteiger partial charge in [-0.25, -0.2) is 0 Å². The summed E-state index contributed by atoms with van der Waals surface area (Å²) in [6.07, 6.45) is -4.66. The molecule has 1 aromatic carbocycles. The van der Waals surface area contributed by atoms with Crippen LogP contribution in [0.4, 0.5) is 30.8 Å². The molecule has 0 saturated heterocycles. The Balaban J connectivity index is 2.48. The summed E-state index contributed by atoms with van der Waals surface area (Å²) in [5.41, 5.74) is 6.01. The predicted molar refractivity (Wildman–Crippen MR) is 68.4 cm³/mol. The first-order valence-electron chi connectivity index (χ1n) is 5.83. The lowest BCUT2D eigenvalue weighted by atomic mass is 10.3. The van der Waals surface area contributed by atoms with Crippen LogP contribution in [0.25, 0.3) is 0 Å². The monoisotopic (exact) mass is 283 g/mol. The summed E-state index contributed by atoms with van der Waals surface area (Å²) in [5.74, 6) is -1.88. The van der Waals surface area contributed by atoms with Crippen LogP contribution in [-0.4, -0.2) is 21.5 Å². The van der Waals surface area contributed by atoms with Gasteiger partial charge in [0, 0.05) is 12.2 Å². The van der Waals surface area contributed by atoms with Gasteiger partial charge in [-0.15, -0.1) is 0 Å². The molecule has 8 heteroatoms. The number of halogens is 3. The Bertz CT molecular complexity index is 585. The molecule has 20 heavy (non-hydrogen) atoms. The van der Waals surface area contributed by atoms with E-state index in [0.29, 0.717) is 12.2 Å². The van der Waals surface area contributed by atoms with Crippen LogP contribution in [0.15, 0.2) is 30.3 Å². The van der Waals surface area contributed by atoms with Gasteiger partial charge >= 0.3 is 6.18 Å². The van der Waals surface area contributed by atoms with Gasteiger partial charge in [-0.1, -0.05) is 18.2 Å². The van der Waals surface area contributed by atoms with E-state index in [9.17, 15) is 13.2 Å². The van der Waals surface area contributed by atoms with Gasteiger partial charge in [-0.2, -0.15) is 28.1 Å². The SMILES string of the molecule is CCN(c1ccccc1)c1nc(N)nc(C(F)(F)F)n1. The largest absolute Gasteiger partial charge is 0.451 e. The molecule has 0 radical (unpaired) electrons. The maximum Gasteiger partial charge on any atom is 0.451 e. The van der Waals surface area contributed by atoms with E-state index >= 15 is 0 Å². The van der Waals surface area contributed by atoms with Gasteiger partial charge in [-0.3, -0.25) is 0 Å². The van der Waals surface area contributed by atoms with Crippen molar-refractivity contribution < 1.29 is 13.2 Å². The summed E-state index contributed by atoms with van der Waals surface area (Å²) in [7, 11) is 0. The highest BCUT2D eigenvalue weighted by molar-refractivity contribution is 5.57. The standard InChI is InChI=1S/C12H12F3N5/c1-2-20(8-6-4-3-5-7-8)11-18-9(12(13,14)15)17-10(16)19-11/h3-7H,2H2,1H3,(H2,16,17,18,19). The second kappa shape index (κ2) is 5.32. The maximum absolute atomic E-state index is 12.7. The summed E-state index contributed by atoms with van der Waals surface area (Å²) in [5, 5.41) is 0. The molecule has 0 aliphatic rings. The molecule has 2 N–H and O–H groups in total. The van der Waals surface area contributed by atoms with Crippen molar-refractivity contribution in [3.63, 3.8) is 0 Å². The Morgan fingerprint density at radius 2 is 1.75 bits per heavy atom. The first-order valence-corrected chi connectivity index (χ1v) is 5.83.